The largest absolute Gasteiger partial charge is 0.493 e. The molecular formula is C18H39O14P9. The number of rotatable bonds is 16. The summed E-state index contributed by atoms with van der Waals surface area (Å²) in [7, 11) is 20.0. The molecule has 0 aromatic rings. The Bertz CT molecular complexity index is 782. The summed E-state index contributed by atoms with van der Waals surface area (Å²) in [5, 5.41) is 0. The maximum Gasteiger partial charge on any atom is 0.187 e. The minimum atomic E-state index is -0.971. The maximum absolute atomic E-state index is 6.52. The Labute approximate surface area is 261 Å². The van der Waals surface area contributed by atoms with Crippen LogP contribution < -0.4 is 0 Å². The first kappa shape index (κ1) is 38.3. The van der Waals surface area contributed by atoms with Crippen molar-refractivity contribution < 1.29 is 64.4 Å². The first-order valence-electron chi connectivity index (χ1n) is 12.0. The van der Waals surface area contributed by atoms with Gasteiger partial charge in [0.2, 0.25) is 0 Å². The van der Waals surface area contributed by atoms with E-state index in [0.29, 0.717) is 0 Å². The van der Waals surface area contributed by atoms with Gasteiger partial charge in [0.1, 0.15) is 61.0 Å². The van der Waals surface area contributed by atoms with Gasteiger partial charge >= 0.3 is 0 Å². The highest BCUT2D eigenvalue weighted by atomic mass is 31.0. The first-order valence-corrected chi connectivity index (χ1v) is 16.2. The van der Waals surface area contributed by atoms with E-state index in [1.54, 1.807) is 12.3 Å². The topological polar surface area (TPSA) is 129 Å². The number of ether oxygens (including phenoxy) is 5. The molecular weight excluding hydrogens is 719 g/mol. The second-order valence-electron chi connectivity index (χ2n) is 8.89. The van der Waals surface area contributed by atoms with Crippen LogP contribution >= 0.6 is 85.2 Å². The second-order valence-corrected chi connectivity index (χ2v) is 11.5. The molecule has 0 N–H and O–H groups in total. The van der Waals surface area contributed by atoms with Gasteiger partial charge in [-0.2, -0.15) is 0 Å². The molecule has 2 fully saturated rings. The summed E-state index contributed by atoms with van der Waals surface area (Å²) < 4.78 is 81.2. The predicted molar refractivity (Wildman–Crippen MR) is 176 cm³/mol. The fraction of sp³-hybridized carbons (Fsp3) is 0.889. The summed E-state index contributed by atoms with van der Waals surface area (Å²) in [5.41, 5.74) is 0. The number of hydrogen-bond donors (Lipinski definition) is 0. The molecule has 22 atom stereocenters. The molecule has 0 amide bonds. The minimum absolute atomic E-state index is 0.0875. The highest BCUT2D eigenvalue weighted by Gasteiger charge is 2.54. The summed E-state index contributed by atoms with van der Waals surface area (Å²) in [6.45, 7) is 0.475. The SMILES string of the molecule is POCC1O[C@@H](O[C@H]2C(COP)O[C@@H](O[C@H]3C(COP)OC=C[C@H]3OP)C(OP)[C@H]2OP)C(OP)[C@@H](OP)[C@H]1OP. The van der Waals surface area contributed by atoms with Crippen molar-refractivity contribution in [1.29, 1.82) is 0 Å². The fourth-order valence-corrected chi connectivity index (χ4v) is 7.14. The van der Waals surface area contributed by atoms with Crippen LogP contribution in [0.5, 0.6) is 0 Å². The molecule has 0 aromatic carbocycles. The lowest BCUT2D eigenvalue weighted by molar-refractivity contribution is -0.353. The molecule has 0 aromatic heterocycles. The van der Waals surface area contributed by atoms with Crippen LogP contribution in [-0.2, 0) is 64.4 Å². The average Bonchev–Trinajstić information content (AvgIpc) is 2.98. The first-order chi connectivity index (χ1) is 20.0. The lowest BCUT2D eigenvalue weighted by atomic mass is 9.96. The summed E-state index contributed by atoms with van der Waals surface area (Å²) in [4.78, 5) is 0. The van der Waals surface area contributed by atoms with E-state index in [1.807, 2.05) is 0 Å². The molecule has 3 aliphatic rings. The number of hydrogen-bond acceptors (Lipinski definition) is 14. The van der Waals surface area contributed by atoms with Crippen molar-refractivity contribution in [2.24, 2.45) is 0 Å². The van der Waals surface area contributed by atoms with E-state index in [9.17, 15) is 0 Å². The van der Waals surface area contributed by atoms with E-state index in [0.717, 1.165) is 0 Å². The van der Waals surface area contributed by atoms with Gasteiger partial charge in [0, 0.05) is 85.2 Å². The highest BCUT2D eigenvalue weighted by molar-refractivity contribution is 7.11. The Balaban J connectivity index is 1.88. The molecule has 14 unspecified atom stereocenters. The molecule has 3 rings (SSSR count). The van der Waals surface area contributed by atoms with Crippen LogP contribution in [0.15, 0.2) is 12.3 Å². The summed E-state index contributed by atoms with van der Waals surface area (Å²) in [5.74, 6) is 0. The van der Waals surface area contributed by atoms with Crippen LogP contribution in [-0.4, -0.2) is 99.5 Å². The molecule has 240 valence electrons. The van der Waals surface area contributed by atoms with Gasteiger partial charge in [-0.05, 0) is 6.08 Å². The van der Waals surface area contributed by atoms with E-state index in [-0.39, 0.29) is 19.8 Å². The predicted octanol–water partition coefficient (Wildman–Crippen LogP) is 1.59. The van der Waals surface area contributed by atoms with E-state index in [4.69, 9.17) is 64.4 Å². The second kappa shape index (κ2) is 20.3. The maximum atomic E-state index is 6.52. The zero-order chi connectivity index (χ0) is 29.9. The Morgan fingerprint density at radius 2 is 0.902 bits per heavy atom. The van der Waals surface area contributed by atoms with Gasteiger partial charge in [-0.1, -0.05) is 0 Å². The summed E-state index contributed by atoms with van der Waals surface area (Å²) in [6, 6.07) is 0. The van der Waals surface area contributed by atoms with Crippen LogP contribution in [0.25, 0.3) is 0 Å². The van der Waals surface area contributed by atoms with Gasteiger partial charge in [-0.25, -0.2) is 0 Å². The zero-order valence-corrected chi connectivity index (χ0v) is 32.1. The van der Waals surface area contributed by atoms with E-state index >= 15 is 0 Å². The van der Waals surface area contributed by atoms with Crippen molar-refractivity contribution in [2.75, 3.05) is 19.8 Å². The summed E-state index contributed by atoms with van der Waals surface area (Å²) in [6.07, 6.45) is -5.83. The van der Waals surface area contributed by atoms with Crippen LogP contribution in [0, 0.1) is 0 Å². The molecule has 3 aliphatic heterocycles. The quantitative estimate of drug-likeness (QED) is 0.212. The van der Waals surface area contributed by atoms with Crippen molar-refractivity contribution in [3.05, 3.63) is 12.3 Å². The van der Waals surface area contributed by atoms with Crippen LogP contribution in [0.2, 0.25) is 0 Å². The van der Waals surface area contributed by atoms with Crippen LogP contribution in [0.1, 0.15) is 0 Å². The molecule has 2 saturated heterocycles. The third-order valence-electron chi connectivity index (χ3n) is 6.70. The molecule has 23 heteroatoms. The van der Waals surface area contributed by atoms with E-state index in [2.05, 4.69) is 85.2 Å². The van der Waals surface area contributed by atoms with Gasteiger partial charge in [-0.15, -0.1) is 0 Å². The van der Waals surface area contributed by atoms with Gasteiger partial charge in [-0.3, -0.25) is 0 Å². The molecule has 14 nitrogen and oxygen atoms in total. The monoisotopic (exact) mass is 758 g/mol. The zero-order valence-electron chi connectivity index (χ0n) is 21.7. The lowest BCUT2D eigenvalue weighted by Gasteiger charge is -2.49. The van der Waals surface area contributed by atoms with Gasteiger partial charge < -0.3 is 64.4 Å². The van der Waals surface area contributed by atoms with Gasteiger partial charge in [0.05, 0.1) is 26.1 Å². The molecule has 0 saturated carbocycles. The average molecular weight is 758 g/mol. The van der Waals surface area contributed by atoms with E-state index in [1.165, 1.54) is 0 Å². The van der Waals surface area contributed by atoms with Crippen LogP contribution in [0.3, 0.4) is 0 Å². The molecule has 41 heavy (non-hydrogen) atoms. The third kappa shape index (κ3) is 9.72. The summed E-state index contributed by atoms with van der Waals surface area (Å²) >= 11 is 0. The Morgan fingerprint density at radius 3 is 1.37 bits per heavy atom. The Morgan fingerprint density at radius 1 is 0.463 bits per heavy atom. The molecule has 0 aliphatic carbocycles. The molecule has 3 heterocycles. The van der Waals surface area contributed by atoms with Crippen molar-refractivity contribution in [3.8, 4) is 0 Å². The van der Waals surface area contributed by atoms with Crippen molar-refractivity contribution in [3.63, 3.8) is 0 Å². The van der Waals surface area contributed by atoms with Gasteiger partial charge in [0.25, 0.3) is 0 Å². The van der Waals surface area contributed by atoms with Crippen molar-refractivity contribution in [1.82, 2.24) is 0 Å². The Hall–Kier alpha value is 2.89. The molecule has 0 bridgehead atoms. The van der Waals surface area contributed by atoms with Crippen molar-refractivity contribution >= 4 is 85.2 Å². The minimum Gasteiger partial charge on any atom is -0.493 e. The highest BCUT2D eigenvalue weighted by Crippen LogP contribution is 2.38. The third-order valence-corrected chi connectivity index (χ3v) is 9.16. The van der Waals surface area contributed by atoms with Gasteiger partial charge in [0.15, 0.2) is 18.7 Å². The lowest BCUT2D eigenvalue weighted by Crippen LogP contribution is -2.65. The molecule has 0 spiro atoms. The standard InChI is InChI=1S/C18H39O14P9/c33-20-3-7-10(6(27-36)1-2-19-7)25-17-15(31-40)13(29-38)11(8(23-17)4-21-34)26-18-16(32-41)14(30-39)12(28-37)9(24-18)5-22-35/h1-2,6-18H,3-5,33-41H2/t6-,7?,8?,9?,10-,11+,12+,13+,14+,15?,16?,17+,18+/m1/s1. The normalized spacial score (nSPS) is 41.3. The van der Waals surface area contributed by atoms with E-state index < -0.39 is 79.7 Å². The van der Waals surface area contributed by atoms with Crippen molar-refractivity contribution in [2.45, 2.75) is 79.7 Å². The fourth-order valence-electron chi connectivity index (χ4n) is 4.81. The Kier molecular flexibility index (Phi) is 19.0. The smallest absolute Gasteiger partial charge is 0.187 e. The molecule has 0 radical (unpaired) electrons. The van der Waals surface area contributed by atoms with Crippen LogP contribution in [0.4, 0.5) is 0 Å².